The van der Waals surface area contributed by atoms with Gasteiger partial charge in [0.05, 0.1) is 0 Å². The Hall–Kier alpha value is -0.0800. The molecule has 0 aromatic carbocycles. The minimum atomic E-state index is 0.721. The molecule has 1 aliphatic carbocycles. The Morgan fingerprint density at radius 1 is 1.05 bits per heavy atom. The zero-order valence-electron chi connectivity index (χ0n) is 13.5. The lowest BCUT2D eigenvalue weighted by Gasteiger charge is -2.48. The molecule has 0 amide bonds. The van der Waals surface area contributed by atoms with Crippen LogP contribution in [0.1, 0.15) is 66.2 Å². The van der Waals surface area contributed by atoms with Gasteiger partial charge in [0.1, 0.15) is 0 Å². The second-order valence-corrected chi connectivity index (χ2v) is 7.10. The van der Waals surface area contributed by atoms with E-state index in [4.69, 9.17) is 0 Å². The third-order valence-electron chi connectivity index (χ3n) is 5.60. The summed E-state index contributed by atoms with van der Waals surface area (Å²) in [6.45, 7) is 11.9. The summed E-state index contributed by atoms with van der Waals surface area (Å²) in [7, 11) is 0. The van der Waals surface area contributed by atoms with Crippen LogP contribution in [0.2, 0.25) is 0 Å². The highest BCUT2D eigenvalue weighted by Gasteiger charge is 2.35. The zero-order valence-corrected chi connectivity index (χ0v) is 13.5. The monoisotopic (exact) mass is 266 g/mol. The van der Waals surface area contributed by atoms with Gasteiger partial charge in [-0.1, -0.05) is 34.1 Å². The fourth-order valence-electron chi connectivity index (χ4n) is 4.06. The maximum Gasteiger partial charge on any atom is 0.0247 e. The maximum absolute atomic E-state index is 3.75. The van der Waals surface area contributed by atoms with E-state index in [2.05, 4.69) is 37.9 Å². The van der Waals surface area contributed by atoms with E-state index in [1.54, 1.807) is 0 Å². The van der Waals surface area contributed by atoms with E-state index in [9.17, 15) is 0 Å². The zero-order chi connectivity index (χ0) is 13.8. The van der Waals surface area contributed by atoms with Crippen molar-refractivity contribution in [2.45, 2.75) is 84.3 Å². The van der Waals surface area contributed by atoms with E-state index >= 15 is 0 Å². The highest BCUT2D eigenvalue weighted by Crippen LogP contribution is 2.32. The van der Waals surface area contributed by atoms with Crippen molar-refractivity contribution in [2.75, 3.05) is 13.1 Å². The molecule has 2 aliphatic rings. The van der Waals surface area contributed by atoms with Crippen LogP contribution in [-0.4, -0.2) is 36.1 Å². The second-order valence-electron chi connectivity index (χ2n) is 7.10. The molecular formula is C17H34N2. The predicted octanol–water partition coefficient (Wildman–Crippen LogP) is 3.66. The van der Waals surface area contributed by atoms with E-state index in [0.717, 1.165) is 30.0 Å². The largest absolute Gasteiger partial charge is 0.311 e. The Morgan fingerprint density at radius 3 is 2.26 bits per heavy atom. The summed E-state index contributed by atoms with van der Waals surface area (Å²) >= 11 is 0. The Labute approximate surface area is 120 Å². The third kappa shape index (κ3) is 3.72. The summed E-state index contributed by atoms with van der Waals surface area (Å²) < 4.78 is 0. The molecule has 0 spiro atoms. The van der Waals surface area contributed by atoms with Gasteiger partial charge >= 0.3 is 0 Å². The second kappa shape index (κ2) is 7.08. The van der Waals surface area contributed by atoms with Crippen LogP contribution in [0.5, 0.6) is 0 Å². The molecule has 2 atom stereocenters. The van der Waals surface area contributed by atoms with Crippen molar-refractivity contribution in [3.63, 3.8) is 0 Å². The Balaban J connectivity index is 1.97. The van der Waals surface area contributed by atoms with Gasteiger partial charge in [0.25, 0.3) is 0 Å². The quantitative estimate of drug-likeness (QED) is 0.835. The summed E-state index contributed by atoms with van der Waals surface area (Å²) in [5.41, 5.74) is 0. The molecule has 112 valence electrons. The van der Waals surface area contributed by atoms with Gasteiger partial charge in [0.15, 0.2) is 0 Å². The highest BCUT2D eigenvalue weighted by molar-refractivity contribution is 4.92. The first-order valence-electron chi connectivity index (χ1n) is 8.64. The molecular weight excluding hydrogens is 232 g/mol. The fourth-order valence-corrected chi connectivity index (χ4v) is 4.06. The average Bonchev–Trinajstić information content (AvgIpc) is 2.46. The first-order valence-corrected chi connectivity index (χ1v) is 8.64. The van der Waals surface area contributed by atoms with Crippen LogP contribution in [0, 0.1) is 11.8 Å². The smallest absolute Gasteiger partial charge is 0.0247 e. The molecule has 2 heteroatoms. The molecule has 1 saturated carbocycles. The van der Waals surface area contributed by atoms with Crippen LogP contribution in [-0.2, 0) is 0 Å². The van der Waals surface area contributed by atoms with Crippen LogP contribution >= 0.6 is 0 Å². The molecule has 1 saturated heterocycles. The van der Waals surface area contributed by atoms with Crippen LogP contribution < -0.4 is 5.32 Å². The van der Waals surface area contributed by atoms with Crippen molar-refractivity contribution >= 4 is 0 Å². The minimum Gasteiger partial charge on any atom is -0.311 e. The Bertz CT molecular complexity index is 256. The topological polar surface area (TPSA) is 15.3 Å². The predicted molar refractivity (Wildman–Crippen MR) is 83.5 cm³/mol. The van der Waals surface area contributed by atoms with E-state index in [0.29, 0.717) is 0 Å². The van der Waals surface area contributed by atoms with Crippen LogP contribution in [0.25, 0.3) is 0 Å². The molecule has 1 heterocycles. The first-order chi connectivity index (χ1) is 9.15. The highest BCUT2D eigenvalue weighted by atomic mass is 15.3. The molecule has 19 heavy (non-hydrogen) atoms. The van der Waals surface area contributed by atoms with Crippen molar-refractivity contribution in [1.29, 1.82) is 0 Å². The van der Waals surface area contributed by atoms with Gasteiger partial charge in [-0.2, -0.15) is 0 Å². The molecule has 2 rings (SSSR count). The van der Waals surface area contributed by atoms with Crippen LogP contribution in [0.4, 0.5) is 0 Å². The lowest BCUT2D eigenvalue weighted by Crippen LogP contribution is -2.61. The molecule has 2 fully saturated rings. The lowest BCUT2D eigenvalue weighted by atomic mass is 9.82. The van der Waals surface area contributed by atoms with Crippen molar-refractivity contribution in [3.8, 4) is 0 Å². The van der Waals surface area contributed by atoms with E-state index in [1.165, 1.54) is 51.6 Å². The maximum atomic E-state index is 3.75. The van der Waals surface area contributed by atoms with Gasteiger partial charge in [-0.05, 0) is 43.9 Å². The average molecular weight is 266 g/mol. The van der Waals surface area contributed by atoms with E-state index in [-0.39, 0.29) is 0 Å². The molecule has 1 aliphatic heterocycles. The Morgan fingerprint density at radius 2 is 1.74 bits per heavy atom. The molecule has 2 unspecified atom stereocenters. The Kier molecular flexibility index (Phi) is 5.70. The summed E-state index contributed by atoms with van der Waals surface area (Å²) in [5, 5.41) is 3.75. The number of nitrogens with one attached hydrogen (secondary N) is 1. The number of nitrogens with zero attached hydrogens (tertiary/aromatic N) is 1. The van der Waals surface area contributed by atoms with E-state index < -0.39 is 0 Å². The summed E-state index contributed by atoms with van der Waals surface area (Å²) in [4.78, 5) is 2.88. The van der Waals surface area contributed by atoms with Crippen molar-refractivity contribution < 1.29 is 0 Å². The number of hydrogen-bond acceptors (Lipinski definition) is 2. The van der Waals surface area contributed by atoms with Gasteiger partial charge in [0.2, 0.25) is 0 Å². The first kappa shape index (κ1) is 15.3. The summed E-state index contributed by atoms with van der Waals surface area (Å²) in [5.74, 6) is 1.79. The lowest BCUT2D eigenvalue weighted by molar-refractivity contribution is 0.0312. The van der Waals surface area contributed by atoms with Gasteiger partial charge in [-0.25, -0.2) is 0 Å². The number of piperazine rings is 1. The number of hydrogen-bond donors (Lipinski definition) is 1. The van der Waals surface area contributed by atoms with Crippen LogP contribution in [0.3, 0.4) is 0 Å². The van der Waals surface area contributed by atoms with Crippen molar-refractivity contribution in [2.24, 2.45) is 11.8 Å². The molecule has 2 nitrogen and oxygen atoms in total. The summed E-state index contributed by atoms with van der Waals surface area (Å²) in [6.07, 6.45) is 8.47. The van der Waals surface area contributed by atoms with Crippen molar-refractivity contribution in [1.82, 2.24) is 10.2 Å². The van der Waals surface area contributed by atoms with Gasteiger partial charge in [0, 0.05) is 31.2 Å². The molecule has 0 bridgehead atoms. The van der Waals surface area contributed by atoms with Gasteiger partial charge < -0.3 is 5.32 Å². The summed E-state index contributed by atoms with van der Waals surface area (Å²) in [6, 6.07) is 2.34. The van der Waals surface area contributed by atoms with Crippen molar-refractivity contribution in [3.05, 3.63) is 0 Å². The SMILES string of the molecule is CCC1CCC(N2CC(CC)NCC2C(C)C)CC1. The molecule has 0 radical (unpaired) electrons. The fraction of sp³-hybridized carbons (Fsp3) is 1.00. The molecule has 1 N–H and O–H groups in total. The molecule has 0 aromatic rings. The van der Waals surface area contributed by atoms with E-state index in [1.807, 2.05) is 0 Å². The standard InChI is InChI=1S/C17H34N2/c1-5-14-7-9-16(10-8-14)19-12-15(6-2)18-11-17(19)13(3)4/h13-18H,5-12H2,1-4H3. The minimum absolute atomic E-state index is 0.721. The molecule has 0 aromatic heterocycles. The van der Waals surface area contributed by atoms with Crippen LogP contribution in [0.15, 0.2) is 0 Å². The van der Waals surface area contributed by atoms with Gasteiger partial charge in [-0.3, -0.25) is 4.90 Å². The number of rotatable bonds is 4. The van der Waals surface area contributed by atoms with Gasteiger partial charge in [-0.15, -0.1) is 0 Å². The third-order valence-corrected chi connectivity index (χ3v) is 5.60. The normalized spacial score (nSPS) is 37.7.